The maximum Gasteiger partial charge on any atom is 0.346 e. The zero-order valence-electron chi connectivity index (χ0n) is 11.4. The van der Waals surface area contributed by atoms with E-state index in [0.717, 1.165) is 13.0 Å². The van der Waals surface area contributed by atoms with Gasteiger partial charge in [0.25, 0.3) is 0 Å². The van der Waals surface area contributed by atoms with Crippen LogP contribution in [0.3, 0.4) is 0 Å². The smallest absolute Gasteiger partial charge is 0.302 e. The Morgan fingerprint density at radius 2 is 1.89 bits per heavy atom. The van der Waals surface area contributed by atoms with Crippen molar-refractivity contribution >= 4 is 30.9 Å². The highest BCUT2D eigenvalue weighted by Gasteiger charge is 2.46. The molecule has 1 heterocycles. The van der Waals surface area contributed by atoms with Crippen molar-refractivity contribution in [3.05, 3.63) is 0 Å². The summed E-state index contributed by atoms with van der Waals surface area (Å²) in [4.78, 5) is 0. The summed E-state index contributed by atoms with van der Waals surface area (Å²) in [7, 11) is -1.05. The molecule has 1 aliphatic heterocycles. The van der Waals surface area contributed by atoms with Crippen molar-refractivity contribution in [2.75, 3.05) is 38.4 Å². The molecule has 0 aromatic heterocycles. The van der Waals surface area contributed by atoms with Gasteiger partial charge in [0.2, 0.25) is 0 Å². The van der Waals surface area contributed by atoms with Gasteiger partial charge in [0.1, 0.15) is 0 Å². The maximum atomic E-state index is 13.2. The van der Waals surface area contributed by atoms with E-state index in [1.807, 2.05) is 16.4 Å². The average Bonchev–Trinajstić information content (AvgIpc) is 2.40. The fourth-order valence-corrected chi connectivity index (χ4v) is 6.18. The van der Waals surface area contributed by atoms with Crippen LogP contribution in [-0.2, 0) is 9.09 Å². The van der Waals surface area contributed by atoms with Crippen LogP contribution in [0, 0.1) is 5.92 Å². The molecule has 0 radical (unpaired) electrons. The molecular weight excluding hydrogens is 306 g/mol. The molecule has 19 heavy (non-hydrogen) atoms. The van der Waals surface area contributed by atoms with Crippen LogP contribution in [0.15, 0.2) is 0 Å². The van der Waals surface area contributed by atoms with Crippen molar-refractivity contribution in [2.45, 2.75) is 31.8 Å². The van der Waals surface area contributed by atoms with Gasteiger partial charge < -0.3 is 4.52 Å². The molecule has 3 atom stereocenters. The summed E-state index contributed by atoms with van der Waals surface area (Å²) in [6.45, 7) is 1.95. The van der Waals surface area contributed by atoms with Crippen molar-refractivity contribution < 1.29 is 9.09 Å². The third kappa shape index (κ3) is 3.48. The van der Waals surface area contributed by atoms with E-state index in [1.54, 1.807) is 0 Å². The Morgan fingerprint density at radius 3 is 2.53 bits per heavy atom. The lowest BCUT2D eigenvalue weighted by Gasteiger charge is -2.47. The molecule has 112 valence electrons. The van der Waals surface area contributed by atoms with Gasteiger partial charge in [0.05, 0.1) is 6.10 Å². The second-order valence-corrected chi connectivity index (χ2v) is 8.55. The Hall–Kier alpha value is 0.690. The fraction of sp³-hybridized carbons (Fsp3) is 1.00. The van der Waals surface area contributed by atoms with E-state index in [-0.39, 0.29) is 6.10 Å². The first-order chi connectivity index (χ1) is 9.11. The van der Waals surface area contributed by atoms with Crippen LogP contribution in [0.2, 0.25) is 0 Å². The summed E-state index contributed by atoms with van der Waals surface area (Å²) >= 11 is 11.6. The number of rotatable bonds is 5. The first kappa shape index (κ1) is 16.1. The van der Waals surface area contributed by atoms with Crippen LogP contribution in [0.25, 0.3) is 0 Å². The largest absolute Gasteiger partial charge is 0.346 e. The van der Waals surface area contributed by atoms with Gasteiger partial charge in [-0.1, -0.05) is 12.8 Å². The highest BCUT2D eigenvalue weighted by atomic mass is 35.5. The van der Waals surface area contributed by atoms with E-state index in [2.05, 4.69) is 0 Å². The number of hydrogen-bond donors (Lipinski definition) is 0. The van der Waals surface area contributed by atoms with Crippen LogP contribution >= 0.6 is 30.9 Å². The topological polar surface area (TPSA) is 32.8 Å². The normalized spacial score (nSPS) is 36.4. The van der Waals surface area contributed by atoms with E-state index in [1.165, 1.54) is 19.3 Å². The van der Waals surface area contributed by atoms with E-state index < -0.39 is 7.67 Å². The third-order valence-electron chi connectivity index (χ3n) is 4.08. The number of fused-ring (bicyclic) bond motifs is 1. The second kappa shape index (κ2) is 7.11. The standard InChI is InChI=1S/C12H23Cl2N2O2P/c1-15-10-11-4-2-3-5-12(11)18-19(15,17)16(8-6-13)9-7-14/h11-12H,2-10H2,1H3/t11-,12+,19-/m1/s1. The summed E-state index contributed by atoms with van der Waals surface area (Å²) in [6.07, 6.45) is 4.79. The van der Waals surface area contributed by atoms with Gasteiger partial charge >= 0.3 is 7.67 Å². The summed E-state index contributed by atoms with van der Waals surface area (Å²) in [5.74, 6) is 1.40. The lowest BCUT2D eigenvalue weighted by atomic mass is 9.86. The molecule has 1 aliphatic carbocycles. The monoisotopic (exact) mass is 328 g/mol. The first-order valence-corrected chi connectivity index (χ1v) is 9.59. The molecule has 0 N–H and O–H groups in total. The summed E-state index contributed by atoms with van der Waals surface area (Å²) in [5, 5.41) is 0. The highest BCUT2D eigenvalue weighted by Crippen LogP contribution is 2.59. The molecule has 4 nitrogen and oxygen atoms in total. The first-order valence-electron chi connectivity index (χ1n) is 6.99. The van der Waals surface area contributed by atoms with Gasteiger partial charge in [-0.3, -0.25) is 4.57 Å². The second-order valence-electron chi connectivity index (χ2n) is 5.35. The van der Waals surface area contributed by atoms with Gasteiger partial charge in [-0.15, -0.1) is 23.2 Å². The van der Waals surface area contributed by atoms with Gasteiger partial charge in [-0.25, -0.2) is 9.34 Å². The minimum atomic E-state index is -2.94. The van der Waals surface area contributed by atoms with Crippen LogP contribution in [0.1, 0.15) is 25.7 Å². The van der Waals surface area contributed by atoms with Crippen molar-refractivity contribution in [3.63, 3.8) is 0 Å². The lowest BCUT2D eigenvalue weighted by Crippen LogP contribution is -2.46. The Bertz CT molecular complexity index is 340. The zero-order chi connectivity index (χ0) is 13.9. The molecule has 0 aromatic rings. The fourth-order valence-electron chi connectivity index (χ4n) is 3.06. The molecule has 0 aromatic carbocycles. The molecule has 0 amide bonds. The summed E-state index contributed by atoms with van der Waals surface area (Å²) in [5.41, 5.74) is 0. The highest BCUT2D eigenvalue weighted by molar-refractivity contribution is 7.54. The van der Waals surface area contributed by atoms with Gasteiger partial charge in [-0.05, 0) is 25.8 Å². The molecule has 0 unspecified atom stereocenters. The summed E-state index contributed by atoms with van der Waals surface area (Å²) < 4.78 is 23.0. The molecule has 1 saturated heterocycles. The van der Waals surface area contributed by atoms with Crippen LogP contribution in [0.4, 0.5) is 0 Å². The van der Waals surface area contributed by atoms with Crippen molar-refractivity contribution in [2.24, 2.45) is 5.92 Å². The molecule has 2 rings (SSSR count). The quantitative estimate of drug-likeness (QED) is 0.572. The molecule has 1 saturated carbocycles. The Kier molecular flexibility index (Phi) is 6.01. The number of nitrogens with zero attached hydrogens (tertiary/aromatic N) is 2. The minimum absolute atomic E-state index is 0.143. The van der Waals surface area contributed by atoms with E-state index in [0.29, 0.717) is 30.8 Å². The molecule has 2 aliphatic rings. The van der Waals surface area contributed by atoms with Crippen molar-refractivity contribution in [1.82, 2.24) is 9.34 Å². The SMILES string of the molecule is CN1C[C@H]2CCCC[C@@H]2O[P@@]1(=O)N(CCCl)CCCl. The van der Waals surface area contributed by atoms with Crippen LogP contribution in [-0.4, -0.2) is 53.9 Å². The molecule has 0 bridgehead atoms. The lowest BCUT2D eigenvalue weighted by molar-refractivity contribution is 0.0304. The maximum absolute atomic E-state index is 13.2. The van der Waals surface area contributed by atoms with Gasteiger partial charge in [0, 0.05) is 31.4 Å². The number of halogens is 2. The molecule has 7 heteroatoms. The van der Waals surface area contributed by atoms with Gasteiger partial charge in [0.15, 0.2) is 0 Å². The predicted molar refractivity (Wildman–Crippen MR) is 80.1 cm³/mol. The molecule has 2 fully saturated rings. The Morgan fingerprint density at radius 1 is 1.26 bits per heavy atom. The minimum Gasteiger partial charge on any atom is -0.302 e. The van der Waals surface area contributed by atoms with Gasteiger partial charge in [-0.2, -0.15) is 0 Å². The Labute approximate surface area is 125 Å². The molecule has 0 spiro atoms. The third-order valence-corrected chi connectivity index (χ3v) is 7.11. The molecular formula is C12H23Cl2N2O2P. The number of alkyl halides is 2. The van der Waals surface area contributed by atoms with Crippen molar-refractivity contribution in [3.8, 4) is 0 Å². The van der Waals surface area contributed by atoms with E-state index in [4.69, 9.17) is 27.7 Å². The van der Waals surface area contributed by atoms with Crippen molar-refractivity contribution in [1.29, 1.82) is 0 Å². The van der Waals surface area contributed by atoms with E-state index >= 15 is 0 Å². The zero-order valence-corrected chi connectivity index (χ0v) is 13.8. The average molecular weight is 329 g/mol. The predicted octanol–water partition coefficient (Wildman–Crippen LogP) is 3.39. The Balaban J connectivity index is 2.13. The van der Waals surface area contributed by atoms with E-state index in [9.17, 15) is 4.57 Å². The number of hydrogen-bond acceptors (Lipinski definition) is 2. The van der Waals surface area contributed by atoms with Crippen LogP contribution in [0.5, 0.6) is 0 Å². The summed E-state index contributed by atoms with van der Waals surface area (Å²) in [6, 6.07) is 0. The van der Waals surface area contributed by atoms with Crippen LogP contribution < -0.4 is 0 Å².